The fourth-order valence-corrected chi connectivity index (χ4v) is 11.2. The molecule has 1 spiro atoms. The van der Waals surface area contributed by atoms with Crippen molar-refractivity contribution in [2.24, 2.45) is 17.1 Å². The van der Waals surface area contributed by atoms with Gasteiger partial charge < -0.3 is 30.9 Å². The highest BCUT2D eigenvalue weighted by Gasteiger charge is 2.76. The Hall–Kier alpha value is -5.25. The van der Waals surface area contributed by atoms with E-state index in [9.17, 15) is 19.5 Å². The van der Waals surface area contributed by atoms with Gasteiger partial charge in [-0.3, -0.25) is 19.4 Å². The van der Waals surface area contributed by atoms with E-state index in [-0.39, 0.29) is 19.8 Å². The molecule has 3 aromatic rings. The van der Waals surface area contributed by atoms with E-state index >= 15 is 4.79 Å². The Morgan fingerprint density at radius 1 is 0.983 bits per heavy atom. The van der Waals surface area contributed by atoms with Crippen molar-refractivity contribution in [1.82, 2.24) is 20.4 Å². The van der Waals surface area contributed by atoms with Crippen LogP contribution in [-0.2, 0) is 14.3 Å². The zero-order valence-electron chi connectivity index (χ0n) is 31.9. The molecule has 0 aromatic heterocycles. The number of alkyl halides is 1. The second-order valence-corrected chi connectivity index (χ2v) is 16.6. The van der Waals surface area contributed by atoms with Crippen LogP contribution in [0, 0.1) is 11.3 Å². The van der Waals surface area contributed by atoms with Gasteiger partial charge in [0, 0.05) is 12.5 Å². The lowest BCUT2D eigenvalue weighted by atomic mass is 9.65. The minimum absolute atomic E-state index is 0.107. The van der Waals surface area contributed by atoms with Crippen molar-refractivity contribution < 1.29 is 33.8 Å². The Morgan fingerprint density at radius 3 is 2.38 bits per heavy atom. The molecule has 3 heterocycles. The molecule has 3 saturated heterocycles. The number of amides is 5. The van der Waals surface area contributed by atoms with Gasteiger partial charge in [0.25, 0.3) is 0 Å². The first-order chi connectivity index (χ1) is 28.1. The highest BCUT2D eigenvalue weighted by molar-refractivity contribution is 14.1. The fraction of sp³-hybridized carbons (Fsp3) is 0.333. The van der Waals surface area contributed by atoms with E-state index in [1.54, 1.807) is 0 Å². The maximum atomic E-state index is 16.0. The number of aliphatic hydroxyl groups excluding tert-OH is 1. The summed E-state index contributed by atoms with van der Waals surface area (Å²) in [5, 5.41) is 15.2. The molecule has 0 saturated carbocycles. The van der Waals surface area contributed by atoms with Crippen molar-refractivity contribution in [3.05, 3.63) is 149 Å². The number of esters is 1. The van der Waals surface area contributed by atoms with Gasteiger partial charge in [-0.05, 0) is 59.7 Å². The van der Waals surface area contributed by atoms with Crippen molar-refractivity contribution >= 4 is 46.5 Å². The summed E-state index contributed by atoms with van der Waals surface area (Å²) >= 11 is 2.26. The van der Waals surface area contributed by atoms with Gasteiger partial charge in [0.05, 0.1) is 40.1 Å². The highest BCUT2D eigenvalue weighted by atomic mass is 127. The number of morpholine rings is 1. The molecule has 300 valence electrons. The number of hydrogen-bond acceptors (Lipinski definition) is 8. The number of carbonyl (C=O) groups is 4. The molecular weight excluding hydrogens is 849 g/mol. The SMILES string of the molecule is C[C@@H](NC(=O)N1C(=O)[C@@]2(C3C=C(CNC(N)=O)C=CC31)[C@H](c1ccc(OCCO)cc1)N1[C@H](C3=CCCC=C3)[C@H](c3ccccc3)OC(=O)[C@H]1[C@@H]2I)c1ccccc1. The van der Waals surface area contributed by atoms with Crippen LogP contribution >= 0.6 is 22.6 Å². The molecule has 0 radical (unpaired) electrons. The number of cyclic esters (lactones) is 1. The number of aliphatic hydroxyl groups is 1. The number of benzene rings is 3. The van der Waals surface area contributed by atoms with Crippen LogP contribution in [0.25, 0.3) is 0 Å². The number of imide groups is 1. The largest absolute Gasteiger partial charge is 0.491 e. The fourth-order valence-electron chi connectivity index (χ4n) is 9.51. The summed E-state index contributed by atoms with van der Waals surface area (Å²) in [5.74, 6) is -0.977. The Balaban J connectivity index is 1.33. The number of likely N-dealkylation sites (tertiary alicyclic amines) is 1. The van der Waals surface area contributed by atoms with Crippen LogP contribution in [0.2, 0.25) is 0 Å². The molecule has 3 aliphatic heterocycles. The number of halogens is 1. The van der Waals surface area contributed by atoms with Gasteiger partial charge in [0.2, 0.25) is 5.91 Å². The normalized spacial score (nSPS) is 29.2. The van der Waals surface area contributed by atoms with Crippen LogP contribution in [-0.4, -0.2) is 80.7 Å². The maximum Gasteiger partial charge on any atom is 0.325 e. The number of ether oxygens (including phenoxy) is 2. The smallest absolute Gasteiger partial charge is 0.325 e. The third-order valence-electron chi connectivity index (χ3n) is 12.0. The topological polar surface area (TPSA) is 164 Å². The summed E-state index contributed by atoms with van der Waals surface area (Å²) < 4.78 is 11.6. The number of carbonyl (C=O) groups excluding carboxylic acids is 4. The van der Waals surface area contributed by atoms with Gasteiger partial charge in [-0.1, -0.05) is 132 Å². The number of urea groups is 2. The number of fused-ring (bicyclic) bond motifs is 3. The Bertz CT molecular complexity index is 2180. The predicted octanol–water partition coefficient (Wildman–Crippen LogP) is 5.98. The molecule has 8 rings (SSSR count). The Kier molecular flexibility index (Phi) is 11.3. The van der Waals surface area contributed by atoms with Crippen molar-refractivity contribution in [3.8, 4) is 5.75 Å². The average Bonchev–Trinajstić information content (AvgIpc) is 3.67. The van der Waals surface area contributed by atoms with Gasteiger partial charge in [-0.2, -0.15) is 0 Å². The highest BCUT2D eigenvalue weighted by Crippen LogP contribution is 2.66. The number of nitrogens with two attached hydrogens (primary N) is 1. The van der Waals surface area contributed by atoms with Crippen LogP contribution in [0.5, 0.6) is 5.75 Å². The van der Waals surface area contributed by atoms with E-state index in [0.29, 0.717) is 11.3 Å². The van der Waals surface area contributed by atoms with E-state index in [4.69, 9.17) is 15.2 Å². The van der Waals surface area contributed by atoms with Crippen molar-refractivity contribution in [3.63, 3.8) is 0 Å². The molecule has 0 bridgehead atoms. The summed E-state index contributed by atoms with van der Waals surface area (Å²) in [7, 11) is 0. The van der Waals surface area contributed by atoms with Crippen LogP contribution in [0.3, 0.4) is 0 Å². The quantitative estimate of drug-likeness (QED) is 0.110. The van der Waals surface area contributed by atoms with Crippen LogP contribution in [0.4, 0.5) is 9.59 Å². The van der Waals surface area contributed by atoms with Gasteiger partial charge in [-0.15, -0.1) is 0 Å². The zero-order chi connectivity index (χ0) is 40.6. The summed E-state index contributed by atoms with van der Waals surface area (Å²) in [5.41, 5.74) is 8.23. The first-order valence-electron chi connectivity index (χ1n) is 19.6. The third kappa shape index (κ3) is 6.92. The van der Waals surface area contributed by atoms with Gasteiger partial charge in [-0.25, -0.2) is 9.59 Å². The van der Waals surface area contributed by atoms with E-state index in [1.807, 2.05) is 110 Å². The number of nitrogens with one attached hydrogen (secondary N) is 2. The molecular formula is C45H46IN5O7. The van der Waals surface area contributed by atoms with Gasteiger partial charge in [0.1, 0.15) is 24.5 Å². The summed E-state index contributed by atoms with van der Waals surface area (Å²) in [6, 6.07) is 22.1. The van der Waals surface area contributed by atoms with Crippen LogP contribution in [0.1, 0.15) is 54.6 Å². The van der Waals surface area contributed by atoms with Gasteiger partial charge >= 0.3 is 18.0 Å². The lowest BCUT2D eigenvalue weighted by Crippen LogP contribution is -2.56. The minimum Gasteiger partial charge on any atom is -0.491 e. The monoisotopic (exact) mass is 895 g/mol. The minimum atomic E-state index is -1.42. The second-order valence-electron chi connectivity index (χ2n) is 15.3. The van der Waals surface area contributed by atoms with E-state index in [0.717, 1.165) is 35.1 Å². The van der Waals surface area contributed by atoms with Crippen molar-refractivity contribution in [1.29, 1.82) is 0 Å². The van der Waals surface area contributed by atoms with E-state index in [1.165, 1.54) is 4.90 Å². The first kappa shape index (κ1) is 39.6. The van der Waals surface area contributed by atoms with Crippen molar-refractivity contribution in [2.45, 2.75) is 60.0 Å². The average molecular weight is 896 g/mol. The van der Waals surface area contributed by atoms with E-state index < -0.39 is 75.5 Å². The molecule has 5 N–H and O–H groups in total. The van der Waals surface area contributed by atoms with Gasteiger partial charge in [0.15, 0.2) is 0 Å². The molecule has 2 aliphatic carbocycles. The molecule has 9 atom stereocenters. The summed E-state index contributed by atoms with van der Waals surface area (Å²) in [6.45, 7) is 1.94. The molecule has 5 amide bonds. The molecule has 58 heavy (non-hydrogen) atoms. The first-order valence-corrected chi connectivity index (χ1v) is 20.9. The molecule has 3 aromatic carbocycles. The second kappa shape index (κ2) is 16.5. The van der Waals surface area contributed by atoms with Crippen molar-refractivity contribution in [2.75, 3.05) is 19.8 Å². The zero-order valence-corrected chi connectivity index (χ0v) is 34.1. The Morgan fingerprint density at radius 2 is 1.71 bits per heavy atom. The molecule has 13 heteroatoms. The standard InChI is InChI=1S/C45H46IN5O7/c1-27(29-11-5-2-6-12-29)49-44(56)50-35-22-17-28(26-48-43(47)55)25-34(35)45(42(50)54)39(46)37-41(53)58-38(31-15-9-4-10-16-31)36(30-13-7-3-8-14-30)51(37)40(45)32-18-20-33(21-19-32)57-24-23-52/h2,4-7,9-22,25,27,34-40,52H,3,8,23-24,26H2,1H3,(H,49,56)(H3,47,48,55)/t27-,34?,35?,36-,37-,38+,39+,40+,45-/m1/s1. The molecule has 5 aliphatic rings. The number of hydrogen-bond donors (Lipinski definition) is 4. The van der Waals surface area contributed by atoms with Crippen LogP contribution in [0.15, 0.2) is 133 Å². The molecule has 2 unspecified atom stereocenters. The van der Waals surface area contributed by atoms with E-state index in [2.05, 4.69) is 56.4 Å². The lowest BCUT2D eigenvalue weighted by molar-refractivity contribution is -0.171. The molecule has 12 nitrogen and oxygen atoms in total. The number of allylic oxidation sites excluding steroid dienone is 2. The molecule has 3 fully saturated rings. The summed E-state index contributed by atoms with van der Waals surface area (Å²) in [4.78, 5) is 60.8. The third-order valence-corrected chi connectivity index (χ3v) is 13.7. The Labute approximate surface area is 350 Å². The van der Waals surface area contributed by atoms with Crippen LogP contribution < -0.4 is 21.1 Å². The number of nitrogens with zero attached hydrogens (tertiary/aromatic N) is 2. The number of rotatable bonds is 10. The lowest BCUT2D eigenvalue weighted by Gasteiger charge is -2.47. The maximum absolute atomic E-state index is 16.0. The predicted molar refractivity (Wildman–Crippen MR) is 225 cm³/mol. The number of primary amides is 1. The summed E-state index contributed by atoms with van der Waals surface area (Å²) in [6.07, 6.45) is 13.0.